The Labute approximate surface area is 90.7 Å². The standard InChI is InChI=1S/C9H9N3O4/c1-16-9(13)11-8(10)6-2-4-7(5-3-6)12(14)15/h2-5H,1H3,(H2,10,11,13). The average molecular weight is 223 g/mol. The van der Waals surface area contributed by atoms with Crippen LogP contribution in [0.4, 0.5) is 10.5 Å². The van der Waals surface area contributed by atoms with Gasteiger partial charge in [-0.2, -0.15) is 0 Å². The maximum Gasteiger partial charge on any atom is 0.412 e. The zero-order valence-corrected chi connectivity index (χ0v) is 8.39. The summed E-state index contributed by atoms with van der Waals surface area (Å²) in [5.41, 5.74) is 0.283. The number of nitrogens with one attached hydrogen (secondary N) is 2. The van der Waals surface area contributed by atoms with Gasteiger partial charge in [0.1, 0.15) is 5.84 Å². The number of benzene rings is 1. The lowest BCUT2D eigenvalue weighted by Gasteiger charge is -2.04. The number of rotatable bonds is 2. The molecule has 0 aliphatic carbocycles. The van der Waals surface area contributed by atoms with E-state index in [2.05, 4.69) is 10.1 Å². The van der Waals surface area contributed by atoms with Crippen molar-refractivity contribution < 1.29 is 14.5 Å². The predicted octanol–water partition coefficient (Wildman–Crippen LogP) is 1.28. The fraction of sp³-hybridized carbons (Fsp3) is 0.111. The molecule has 0 unspecified atom stereocenters. The first-order valence-electron chi connectivity index (χ1n) is 4.23. The molecule has 0 radical (unpaired) electrons. The molecule has 0 atom stereocenters. The van der Waals surface area contributed by atoms with E-state index in [9.17, 15) is 14.9 Å². The molecule has 0 aromatic heterocycles. The van der Waals surface area contributed by atoms with Gasteiger partial charge in [-0.05, 0) is 12.1 Å². The van der Waals surface area contributed by atoms with Gasteiger partial charge in [-0.25, -0.2) is 4.79 Å². The number of carbonyl (C=O) groups excluding carboxylic acids is 1. The third-order valence-corrected chi connectivity index (χ3v) is 1.78. The molecule has 1 aromatic carbocycles. The summed E-state index contributed by atoms with van der Waals surface area (Å²) < 4.78 is 4.31. The van der Waals surface area contributed by atoms with Crippen LogP contribution in [0.5, 0.6) is 0 Å². The average Bonchev–Trinajstić information content (AvgIpc) is 2.28. The lowest BCUT2D eigenvalue weighted by Crippen LogP contribution is -2.30. The number of non-ortho nitro benzene ring substituents is 1. The van der Waals surface area contributed by atoms with Crippen LogP contribution in [0.3, 0.4) is 0 Å². The number of amides is 1. The topological polar surface area (TPSA) is 105 Å². The first kappa shape index (κ1) is 11.6. The maximum absolute atomic E-state index is 10.8. The van der Waals surface area contributed by atoms with Crippen molar-refractivity contribution in [3.8, 4) is 0 Å². The van der Waals surface area contributed by atoms with E-state index in [1.807, 2.05) is 0 Å². The molecule has 0 spiro atoms. The molecule has 1 aromatic rings. The lowest BCUT2D eigenvalue weighted by atomic mass is 10.2. The van der Waals surface area contributed by atoms with Crippen molar-refractivity contribution in [2.75, 3.05) is 7.11 Å². The minimum atomic E-state index is -0.761. The van der Waals surface area contributed by atoms with Crippen molar-refractivity contribution in [3.05, 3.63) is 39.9 Å². The zero-order chi connectivity index (χ0) is 12.1. The number of nitro benzene ring substituents is 1. The minimum Gasteiger partial charge on any atom is -0.453 e. The number of carbonyl (C=O) groups is 1. The van der Waals surface area contributed by atoms with E-state index in [0.29, 0.717) is 5.56 Å². The summed E-state index contributed by atoms with van der Waals surface area (Å²) in [4.78, 5) is 20.6. The number of amidine groups is 1. The molecular formula is C9H9N3O4. The van der Waals surface area contributed by atoms with E-state index in [0.717, 1.165) is 0 Å². The van der Waals surface area contributed by atoms with Crippen LogP contribution in [0.15, 0.2) is 24.3 Å². The summed E-state index contributed by atoms with van der Waals surface area (Å²) in [6.45, 7) is 0. The summed E-state index contributed by atoms with van der Waals surface area (Å²) in [6, 6.07) is 5.25. The largest absolute Gasteiger partial charge is 0.453 e. The Morgan fingerprint density at radius 1 is 1.44 bits per heavy atom. The zero-order valence-electron chi connectivity index (χ0n) is 8.39. The Balaban J connectivity index is 2.78. The lowest BCUT2D eigenvalue weighted by molar-refractivity contribution is -0.384. The minimum absolute atomic E-state index is 0.0744. The molecule has 0 heterocycles. The van der Waals surface area contributed by atoms with E-state index < -0.39 is 11.0 Å². The van der Waals surface area contributed by atoms with E-state index in [1.165, 1.54) is 31.4 Å². The van der Waals surface area contributed by atoms with E-state index in [-0.39, 0.29) is 11.5 Å². The second kappa shape index (κ2) is 4.87. The Bertz CT molecular complexity index is 427. The number of nitrogens with zero attached hydrogens (tertiary/aromatic N) is 1. The number of alkyl carbamates (subject to hydrolysis) is 1. The molecule has 0 aliphatic rings. The molecule has 7 heteroatoms. The van der Waals surface area contributed by atoms with Gasteiger partial charge in [-0.15, -0.1) is 0 Å². The summed E-state index contributed by atoms with van der Waals surface area (Å²) in [5.74, 6) is -0.179. The van der Waals surface area contributed by atoms with Gasteiger partial charge in [0.15, 0.2) is 0 Å². The summed E-state index contributed by atoms with van der Waals surface area (Å²) in [5, 5.41) is 20.0. The van der Waals surface area contributed by atoms with Gasteiger partial charge in [-0.1, -0.05) is 0 Å². The van der Waals surface area contributed by atoms with Crippen LogP contribution in [0.25, 0.3) is 0 Å². The predicted molar refractivity (Wildman–Crippen MR) is 55.5 cm³/mol. The molecular weight excluding hydrogens is 214 g/mol. The van der Waals surface area contributed by atoms with E-state index in [4.69, 9.17) is 5.41 Å². The molecule has 84 valence electrons. The third kappa shape index (κ3) is 2.77. The molecule has 0 saturated heterocycles. The molecule has 0 aliphatic heterocycles. The molecule has 16 heavy (non-hydrogen) atoms. The molecule has 1 amide bonds. The number of hydrogen-bond acceptors (Lipinski definition) is 5. The Morgan fingerprint density at radius 3 is 2.44 bits per heavy atom. The highest BCUT2D eigenvalue weighted by Gasteiger charge is 2.09. The first-order valence-corrected chi connectivity index (χ1v) is 4.23. The first-order chi connectivity index (χ1) is 7.54. The molecule has 0 saturated carbocycles. The molecule has 1 rings (SSSR count). The molecule has 2 N–H and O–H groups in total. The SMILES string of the molecule is COC(=O)NC(=N)c1ccc([N+](=O)[O-])cc1. The molecule has 0 bridgehead atoms. The van der Waals surface area contributed by atoms with Crippen LogP contribution in [-0.2, 0) is 4.74 Å². The fourth-order valence-electron chi connectivity index (χ4n) is 0.975. The summed E-state index contributed by atoms with van der Waals surface area (Å²) in [6.07, 6.45) is -0.761. The number of methoxy groups -OCH3 is 1. The number of nitro groups is 1. The third-order valence-electron chi connectivity index (χ3n) is 1.78. The van der Waals surface area contributed by atoms with Crippen LogP contribution >= 0.6 is 0 Å². The quantitative estimate of drug-likeness (QED) is 0.341. The van der Waals surface area contributed by atoms with Crippen molar-refractivity contribution in [2.45, 2.75) is 0 Å². The second-order valence-electron chi connectivity index (χ2n) is 2.80. The van der Waals surface area contributed by atoms with E-state index in [1.54, 1.807) is 0 Å². The monoisotopic (exact) mass is 223 g/mol. The maximum atomic E-state index is 10.8. The number of ether oxygens (including phenoxy) is 1. The van der Waals surface area contributed by atoms with Crippen LogP contribution in [0.2, 0.25) is 0 Å². The van der Waals surface area contributed by atoms with Gasteiger partial charge in [0.2, 0.25) is 0 Å². The summed E-state index contributed by atoms with van der Waals surface area (Å²) >= 11 is 0. The molecule has 7 nitrogen and oxygen atoms in total. The van der Waals surface area contributed by atoms with Crippen LogP contribution in [0.1, 0.15) is 5.56 Å². The second-order valence-corrected chi connectivity index (χ2v) is 2.80. The smallest absolute Gasteiger partial charge is 0.412 e. The number of hydrogen-bond donors (Lipinski definition) is 2. The van der Waals surface area contributed by atoms with Crippen molar-refractivity contribution in [1.82, 2.24) is 5.32 Å². The Kier molecular flexibility index (Phi) is 3.54. The van der Waals surface area contributed by atoms with Gasteiger partial charge in [0.05, 0.1) is 12.0 Å². The highest BCUT2D eigenvalue weighted by Crippen LogP contribution is 2.11. The highest BCUT2D eigenvalue weighted by molar-refractivity contribution is 6.04. The van der Waals surface area contributed by atoms with Gasteiger partial charge in [0.25, 0.3) is 5.69 Å². The van der Waals surface area contributed by atoms with Crippen LogP contribution in [-0.4, -0.2) is 24.0 Å². The van der Waals surface area contributed by atoms with Gasteiger partial charge in [-0.3, -0.25) is 20.8 Å². The van der Waals surface area contributed by atoms with Crippen LogP contribution in [0, 0.1) is 15.5 Å². The normalized spacial score (nSPS) is 9.31. The molecule has 0 fully saturated rings. The summed E-state index contributed by atoms with van der Waals surface area (Å²) in [7, 11) is 1.18. The van der Waals surface area contributed by atoms with Gasteiger partial charge < -0.3 is 4.74 Å². The van der Waals surface area contributed by atoms with E-state index >= 15 is 0 Å². The van der Waals surface area contributed by atoms with Crippen molar-refractivity contribution >= 4 is 17.6 Å². The van der Waals surface area contributed by atoms with Crippen molar-refractivity contribution in [3.63, 3.8) is 0 Å². The fourth-order valence-corrected chi connectivity index (χ4v) is 0.975. The van der Waals surface area contributed by atoms with Crippen molar-refractivity contribution in [1.29, 1.82) is 5.41 Å². The van der Waals surface area contributed by atoms with Crippen LogP contribution < -0.4 is 5.32 Å². The highest BCUT2D eigenvalue weighted by atomic mass is 16.6. The van der Waals surface area contributed by atoms with Crippen molar-refractivity contribution in [2.24, 2.45) is 0 Å². The Hall–Kier alpha value is -2.44. The Morgan fingerprint density at radius 2 is 2.00 bits per heavy atom. The van der Waals surface area contributed by atoms with Gasteiger partial charge in [0, 0.05) is 17.7 Å². The van der Waals surface area contributed by atoms with Gasteiger partial charge >= 0.3 is 6.09 Å².